The van der Waals surface area contributed by atoms with Gasteiger partial charge in [0.25, 0.3) is 0 Å². The molecule has 80 valence electrons. The number of aliphatic imine (C=N–C) groups is 1. The third kappa shape index (κ3) is 2.19. The van der Waals surface area contributed by atoms with Gasteiger partial charge in [-0.1, -0.05) is 6.07 Å². The summed E-state index contributed by atoms with van der Waals surface area (Å²) in [6.45, 7) is 1.56. The molecule has 0 N–H and O–H groups in total. The number of benzene rings is 1. The lowest BCUT2D eigenvalue weighted by Crippen LogP contribution is -2.00. The fourth-order valence-electron chi connectivity index (χ4n) is 1.23. The summed E-state index contributed by atoms with van der Waals surface area (Å²) < 4.78 is 30.8. The van der Waals surface area contributed by atoms with Crippen molar-refractivity contribution < 1.29 is 18.3 Å². The highest BCUT2D eigenvalue weighted by molar-refractivity contribution is 5.41. The number of nitrogens with zero attached hydrogens (tertiary/aromatic N) is 1. The molecule has 0 aliphatic carbocycles. The van der Waals surface area contributed by atoms with E-state index in [-0.39, 0.29) is 5.75 Å². The van der Waals surface area contributed by atoms with E-state index in [4.69, 9.17) is 4.74 Å². The molecular formula is C10H9F2NO2. The molecule has 0 radical (unpaired) electrons. The molecular weight excluding hydrogens is 204 g/mol. The zero-order chi connectivity index (χ0) is 11.4. The van der Waals surface area contributed by atoms with Crippen molar-refractivity contribution in [3.8, 4) is 5.75 Å². The molecule has 3 nitrogen and oxygen atoms in total. The van der Waals surface area contributed by atoms with Crippen LogP contribution in [-0.4, -0.2) is 13.2 Å². The van der Waals surface area contributed by atoms with E-state index in [1.165, 1.54) is 19.3 Å². The molecule has 5 heteroatoms. The lowest BCUT2D eigenvalue weighted by atomic mass is 10.1. The number of hydrogen-bond donors (Lipinski definition) is 0. The van der Waals surface area contributed by atoms with Crippen LogP contribution in [0.3, 0.4) is 0 Å². The van der Waals surface area contributed by atoms with Crippen molar-refractivity contribution in [2.75, 3.05) is 7.11 Å². The van der Waals surface area contributed by atoms with E-state index in [9.17, 15) is 13.6 Å². The second-order valence-corrected chi connectivity index (χ2v) is 2.88. The Morgan fingerprint density at radius 2 is 2.13 bits per heavy atom. The molecule has 0 aliphatic rings. The Bertz CT molecular complexity index is 414. The first-order valence-electron chi connectivity index (χ1n) is 4.20. The molecule has 0 fully saturated rings. The molecule has 0 spiro atoms. The lowest BCUT2D eigenvalue weighted by molar-refractivity contribution is 0.364. The van der Waals surface area contributed by atoms with Crippen molar-refractivity contribution in [2.45, 2.75) is 13.0 Å². The standard InChI is InChI=1S/C10H9F2NO2/c1-6(13-5-14)7-3-4-8(11)9(12)10(7)15-2/h3-4,6H,1-2H3. The van der Waals surface area contributed by atoms with Crippen molar-refractivity contribution in [1.29, 1.82) is 0 Å². The number of isocyanates is 1. The van der Waals surface area contributed by atoms with Gasteiger partial charge in [-0.05, 0) is 13.0 Å². The van der Waals surface area contributed by atoms with Crippen LogP contribution >= 0.6 is 0 Å². The number of halogens is 2. The summed E-state index contributed by atoms with van der Waals surface area (Å²) in [4.78, 5) is 13.4. The quantitative estimate of drug-likeness (QED) is 0.571. The van der Waals surface area contributed by atoms with E-state index in [1.54, 1.807) is 6.92 Å². The van der Waals surface area contributed by atoms with Gasteiger partial charge >= 0.3 is 0 Å². The summed E-state index contributed by atoms with van der Waals surface area (Å²) in [5, 5.41) is 0. The van der Waals surface area contributed by atoms with Gasteiger partial charge in [0.05, 0.1) is 13.2 Å². The van der Waals surface area contributed by atoms with Crippen LogP contribution in [0, 0.1) is 11.6 Å². The molecule has 0 saturated heterocycles. The van der Waals surface area contributed by atoms with Gasteiger partial charge in [0.1, 0.15) is 0 Å². The van der Waals surface area contributed by atoms with Gasteiger partial charge in [-0.15, -0.1) is 0 Å². The summed E-state index contributed by atoms with van der Waals surface area (Å²) in [7, 11) is 1.22. The van der Waals surface area contributed by atoms with Crippen LogP contribution < -0.4 is 4.74 Å². The Morgan fingerprint density at radius 3 is 2.67 bits per heavy atom. The van der Waals surface area contributed by atoms with Gasteiger partial charge in [-0.3, -0.25) is 0 Å². The fourth-order valence-corrected chi connectivity index (χ4v) is 1.23. The maximum Gasteiger partial charge on any atom is 0.235 e. The van der Waals surface area contributed by atoms with Crippen molar-refractivity contribution in [3.63, 3.8) is 0 Å². The minimum atomic E-state index is -1.08. The first-order valence-corrected chi connectivity index (χ1v) is 4.20. The summed E-state index contributed by atoms with van der Waals surface area (Å²) in [5.41, 5.74) is 0.305. The van der Waals surface area contributed by atoms with Crippen LogP contribution in [0.1, 0.15) is 18.5 Å². The predicted molar refractivity (Wildman–Crippen MR) is 49.4 cm³/mol. The SMILES string of the molecule is COc1c(C(C)N=C=O)ccc(F)c1F. The number of carbonyl (C=O) groups excluding carboxylic acids is 1. The molecule has 1 aromatic rings. The average molecular weight is 213 g/mol. The summed E-state index contributed by atoms with van der Waals surface area (Å²) in [6, 6.07) is 1.67. The van der Waals surface area contributed by atoms with E-state index in [0.717, 1.165) is 6.07 Å². The fraction of sp³-hybridized carbons (Fsp3) is 0.300. The van der Waals surface area contributed by atoms with Crippen LogP contribution in [0.25, 0.3) is 0 Å². The molecule has 0 amide bonds. The van der Waals surface area contributed by atoms with Gasteiger partial charge in [0, 0.05) is 5.56 Å². The molecule has 0 bridgehead atoms. The first-order chi connectivity index (χ1) is 7.11. The Kier molecular flexibility index (Phi) is 3.52. The third-order valence-electron chi connectivity index (χ3n) is 1.98. The summed E-state index contributed by atoms with van der Waals surface area (Å²) in [5.74, 6) is -2.32. The molecule has 15 heavy (non-hydrogen) atoms. The minimum absolute atomic E-state index is 0.235. The van der Waals surface area contributed by atoms with Crippen LogP contribution in [-0.2, 0) is 4.79 Å². The van der Waals surface area contributed by atoms with Gasteiger partial charge in [0.2, 0.25) is 11.9 Å². The number of ether oxygens (including phenoxy) is 1. The zero-order valence-electron chi connectivity index (χ0n) is 8.25. The summed E-state index contributed by atoms with van der Waals surface area (Å²) in [6.07, 6.45) is 1.35. The molecule has 1 rings (SSSR count). The average Bonchev–Trinajstić information content (AvgIpc) is 2.22. The second-order valence-electron chi connectivity index (χ2n) is 2.88. The second kappa shape index (κ2) is 4.66. The third-order valence-corrected chi connectivity index (χ3v) is 1.98. The molecule has 0 aliphatic heterocycles. The number of methoxy groups -OCH3 is 1. The van der Waals surface area contributed by atoms with Crippen molar-refractivity contribution >= 4 is 6.08 Å². The van der Waals surface area contributed by atoms with Crippen molar-refractivity contribution in [3.05, 3.63) is 29.3 Å². The molecule has 0 heterocycles. The highest BCUT2D eigenvalue weighted by Gasteiger charge is 2.17. The van der Waals surface area contributed by atoms with Crippen molar-refractivity contribution in [1.82, 2.24) is 0 Å². The Hall–Kier alpha value is -1.74. The van der Waals surface area contributed by atoms with Gasteiger partial charge in [-0.2, -0.15) is 9.38 Å². The lowest BCUT2D eigenvalue weighted by Gasteiger charge is -2.11. The predicted octanol–water partition coefficient (Wildman–Crippen LogP) is 2.37. The number of rotatable bonds is 3. The van der Waals surface area contributed by atoms with Crippen LogP contribution in [0.15, 0.2) is 17.1 Å². The largest absolute Gasteiger partial charge is 0.493 e. The Balaban J connectivity index is 3.29. The van der Waals surface area contributed by atoms with Crippen LogP contribution in [0.5, 0.6) is 5.75 Å². The van der Waals surface area contributed by atoms with Crippen LogP contribution in [0.2, 0.25) is 0 Å². The van der Waals surface area contributed by atoms with Crippen molar-refractivity contribution in [2.24, 2.45) is 4.99 Å². The number of hydrogen-bond acceptors (Lipinski definition) is 3. The molecule has 0 aromatic heterocycles. The van der Waals surface area contributed by atoms with Crippen LogP contribution in [0.4, 0.5) is 8.78 Å². The van der Waals surface area contributed by atoms with Gasteiger partial charge in [-0.25, -0.2) is 9.18 Å². The van der Waals surface area contributed by atoms with E-state index >= 15 is 0 Å². The zero-order valence-corrected chi connectivity index (χ0v) is 8.25. The highest BCUT2D eigenvalue weighted by Crippen LogP contribution is 2.31. The van der Waals surface area contributed by atoms with Gasteiger partial charge < -0.3 is 4.74 Å². The highest BCUT2D eigenvalue weighted by atomic mass is 19.2. The monoisotopic (exact) mass is 213 g/mol. The Labute approximate surface area is 85.4 Å². The molecule has 0 saturated carbocycles. The normalized spacial score (nSPS) is 11.7. The van der Waals surface area contributed by atoms with E-state index in [0.29, 0.717) is 5.56 Å². The molecule has 1 unspecified atom stereocenters. The summed E-state index contributed by atoms with van der Waals surface area (Å²) >= 11 is 0. The minimum Gasteiger partial charge on any atom is -0.493 e. The smallest absolute Gasteiger partial charge is 0.235 e. The topological polar surface area (TPSA) is 38.7 Å². The molecule has 1 atom stereocenters. The molecule has 1 aromatic carbocycles. The van der Waals surface area contributed by atoms with E-state index < -0.39 is 17.7 Å². The first kappa shape index (κ1) is 11.3. The van der Waals surface area contributed by atoms with E-state index in [1.807, 2.05) is 0 Å². The maximum atomic E-state index is 13.2. The van der Waals surface area contributed by atoms with Gasteiger partial charge in [0.15, 0.2) is 11.6 Å². The maximum absolute atomic E-state index is 13.2. The van der Waals surface area contributed by atoms with E-state index in [2.05, 4.69) is 4.99 Å². The Morgan fingerprint density at radius 1 is 1.47 bits per heavy atom.